The molecule has 1 aliphatic heterocycles. The zero-order valence-electron chi connectivity index (χ0n) is 13.9. The monoisotopic (exact) mass is 315 g/mol. The van der Waals surface area contributed by atoms with Gasteiger partial charge in [0.1, 0.15) is 11.4 Å². The molecule has 0 N–H and O–H groups in total. The first-order chi connectivity index (χ1) is 10.9. The van der Waals surface area contributed by atoms with Crippen molar-refractivity contribution in [3.05, 3.63) is 35.9 Å². The van der Waals surface area contributed by atoms with Crippen LogP contribution < -0.4 is 4.90 Å². The fraction of sp³-hybridized carbons (Fsp3) is 0.500. The quantitative estimate of drug-likeness (QED) is 0.862. The van der Waals surface area contributed by atoms with Crippen molar-refractivity contribution in [2.45, 2.75) is 32.2 Å². The Morgan fingerprint density at radius 3 is 2.83 bits per heavy atom. The second kappa shape index (κ2) is 5.64. The summed E-state index contributed by atoms with van der Waals surface area (Å²) in [4.78, 5) is 29.6. The molecule has 7 nitrogen and oxygen atoms in total. The van der Waals surface area contributed by atoms with Crippen LogP contribution in [0.5, 0.6) is 0 Å². The molecule has 0 spiro atoms. The fourth-order valence-electron chi connectivity index (χ4n) is 3.00. The topological polar surface area (TPSA) is 75.4 Å². The lowest BCUT2D eigenvalue weighted by molar-refractivity contribution is 0.0571. The van der Waals surface area contributed by atoms with E-state index >= 15 is 0 Å². The van der Waals surface area contributed by atoms with Crippen LogP contribution in [0.15, 0.2) is 23.1 Å². The maximum absolute atomic E-state index is 12.7. The van der Waals surface area contributed by atoms with E-state index in [0.29, 0.717) is 12.4 Å². The first-order valence-electron chi connectivity index (χ1n) is 7.66. The van der Waals surface area contributed by atoms with E-state index in [1.165, 1.54) is 12.6 Å². The zero-order valence-corrected chi connectivity index (χ0v) is 13.9. The summed E-state index contributed by atoms with van der Waals surface area (Å²) in [6.45, 7) is 4.62. The van der Waals surface area contributed by atoms with Crippen LogP contribution in [-0.2, 0) is 5.54 Å². The average molecular weight is 315 g/mol. The van der Waals surface area contributed by atoms with Crippen molar-refractivity contribution in [2.24, 2.45) is 0 Å². The van der Waals surface area contributed by atoms with E-state index in [1.807, 2.05) is 38.9 Å². The number of carbonyl (C=O) groups is 1. The molecule has 0 radical (unpaired) electrons. The number of nitrogens with zero attached hydrogens (tertiary/aromatic N) is 5. The summed E-state index contributed by atoms with van der Waals surface area (Å²) >= 11 is 0. The number of carbonyl (C=O) groups excluding carboxylic acids is 1. The van der Waals surface area contributed by atoms with Crippen LogP contribution in [0.3, 0.4) is 0 Å². The highest BCUT2D eigenvalue weighted by Crippen LogP contribution is 2.38. The smallest absolute Gasteiger partial charge is 0.292 e. The first kappa shape index (κ1) is 15.5. The molecular formula is C16H21N5O2. The summed E-state index contributed by atoms with van der Waals surface area (Å²) in [5, 5.41) is 0. The van der Waals surface area contributed by atoms with E-state index in [1.54, 1.807) is 4.90 Å². The summed E-state index contributed by atoms with van der Waals surface area (Å²) in [6.07, 6.45) is 4.45. The minimum absolute atomic E-state index is 0.168. The molecular weight excluding hydrogens is 294 g/mol. The molecule has 3 heterocycles. The summed E-state index contributed by atoms with van der Waals surface area (Å²) in [5.41, 5.74) is 0.347. The third-order valence-corrected chi connectivity index (χ3v) is 4.31. The molecule has 7 heteroatoms. The number of aromatic nitrogens is 3. The van der Waals surface area contributed by atoms with Gasteiger partial charge in [-0.05, 0) is 26.7 Å². The Kier molecular flexibility index (Phi) is 3.79. The van der Waals surface area contributed by atoms with Gasteiger partial charge in [0.15, 0.2) is 12.2 Å². The molecule has 1 atom stereocenters. The second-order valence-corrected chi connectivity index (χ2v) is 6.29. The SMILES string of the molecule is Cc1cc(N(C)C)nc(C2(C)CCCN2C(=O)c2cnco2)n1. The molecule has 0 aliphatic carbocycles. The molecule has 1 fully saturated rings. The summed E-state index contributed by atoms with van der Waals surface area (Å²) in [6, 6.07) is 1.93. The van der Waals surface area contributed by atoms with Crippen molar-refractivity contribution >= 4 is 11.7 Å². The van der Waals surface area contributed by atoms with Gasteiger partial charge in [-0.25, -0.2) is 15.0 Å². The number of oxazole rings is 1. The fourth-order valence-corrected chi connectivity index (χ4v) is 3.00. The summed E-state index contributed by atoms with van der Waals surface area (Å²) < 4.78 is 5.17. The van der Waals surface area contributed by atoms with E-state index in [4.69, 9.17) is 4.42 Å². The van der Waals surface area contributed by atoms with Gasteiger partial charge in [-0.15, -0.1) is 0 Å². The van der Waals surface area contributed by atoms with Crippen LogP contribution in [0.2, 0.25) is 0 Å². The predicted octanol–water partition coefficient (Wildman–Crippen LogP) is 1.99. The van der Waals surface area contributed by atoms with Crippen LogP contribution in [0.1, 0.15) is 41.8 Å². The normalized spacial score (nSPS) is 20.8. The minimum Gasteiger partial charge on any atom is -0.438 e. The summed E-state index contributed by atoms with van der Waals surface area (Å²) in [7, 11) is 3.89. The molecule has 1 aliphatic rings. The van der Waals surface area contributed by atoms with Gasteiger partial charge >= 0.3 is 0 Å². The zero-order chi connectivity index (χ0) is 16.6. The third-order valence-electron chi connectivity index (χ3n) is 4.31. The Morgan fingerprint density at radius 2 is 2.17 bits per heavy atom. The highest BCUT2D eigenvalue weighted by molar-refractivity contribution is 5.92. The molecule has 122 valence electrons. The lowest BCUT2D eigenvalue weighted by atomic mass is 9.97. The van der Waals surface area contributed by atoms with E-state index in [0.717, 1.165) is 24.4 Å². The number of anilines is 1. The van der Waals surface area contributed by atoms with Crippen molar-refractivity contribution in [1.29, 1.82) is 0 Å². The molecule has 1 saturated heterocycles. The number of likely N-dealkylation sites (tertiary alicyclic amines) is 1. The number of rotatable bonds is 3. The molecule has 3 rings (SSSR count). The van der Waals surface area contributed by atoms with Gasteiger partial charge in [0, 0.05) is 32.4 Å². The van der Waals surface area contributed by atoms with Crippen molar-refractivity contribution in [3.63, 3.8) is 0 Å². The molecule has 23 heavy (non-hydrogen) atoms. The van der Waals surface area contributed by atoms with Crippen LogP contribution in [0, 0.1) is 6.92 Å². The molecule has 2 aromatic rings. The van der Waals surface area contributed by atoms with Crippen LogP contribution in [0.4, 0.5) is 5.82 Å². The van der Waals surface area contributed by atoms with E-state index in [9.17, 15) is 4.79 Å². The van der Waals surface area contributed by atoms with Gasteiger partial charge in [0.05, 0.1) is 6.20 Å². The van der Waals surface area contributed by atoms with Crippen molar-refractivity contribution in [2.75, 3.05) is 25.5 Å². The standard InChI is InChI=1S/C16H21N5O2/c1-11-8-13(20(3)4)19-15(18-11)16(2)6-5-7-21(16)14(22)12-9-17-10-23-12/h8-10H,5-7H2,1-4H3. The van der Waals surface area contributed by atoms with Crippen molar-refractivity contribution in [3.8, 4) is 0 Å². The molecule has 1 unspecified atom stereocenters. The largest absolute Gasteiger partial charge is 0.438 e. The highest BCUT2D eigenvalue weighted by atomic mass is 16.3. The number of hydrogen-bond donors (Lipinski definition) is 0. The Morgan fingerprint density at radius 1 is 1.39 bits per heavy atom. The van der Waals surface area contributed by atoms with Crippen LogP contribution >= 0.6 is 0 Å². The number of aryl methyl sites for hydroxylation is 1. The van der Waals surface area contributed by atoms with Gasteiger partial charge in [-0.2, -0.15) is 0 Å². The predicted molar refractivity (Wildman–Crippen MR) is 85.2 cm³/mol. The van der Waals surface area contributed by atoms with Gasteiger partial charge in [-0.1, -0.05) is 0 Å². The lowest BCUT2D eigenvalue weighted by Gasteiger charge is -2.33. The average Bonchev–Trinajstić information content (AvgIpc) is 3.16. The Bertz CT molecular complexity index is 713. The number of hydrogen-bond acceptors (Lipinski definition) is 6. The minimum atomic E-state index is -0.541. The maximum Gasteiger partial charge on any atom is 0.292 e. The first-order valence-corrected chi connectivity index (χ1v) is 7.66. The van der Waals surface area contributed by atoms with Crippen molar-refractivity contribution < 1.29 is 9.21 Å². The second-order valence-electron chi connectivity index (χ2n) is 6.29. The van der Waals surface area contributed by atoms with Gasteiger partial charge < -0.3 is 14.2 Å². The van der Waals surface area contributed by atoms with Crippen molar-refractivity contribution in [1.82, 2.24) is 19.9 Å². The van der Waals surface area contributed by atoms with Crippen LogP contribution in [-0.4, -0.2) is 46.4 Å². The maximum atomic E-state index is 12.7. The van der Waals surface area contributed by atoms with E-state index < -0.39 is 5.54 Å². The Hall–Kier alpha value is -2.44. The Labute approximate surface area is 135 Å². The summed E-state index contributed by atoms with van der Waals surface area (Å²) in [5.74, 6) is 1.59. The molecule has 2 aromatic heterocycles. The van der Waals surface area contributed by atoms with E-state index in [2.05, 4.69) is 15.0 Å². The molecule has 0 aromatic carbocycles. The Balaban J connectivity index is 2.01. The van der Waals surface area contributed by atoms with Gasteiger partial charge in [0.2, 0.25) is 5.76 Å². The molecule has 1 amide bonds. The lowest BCUT2D eigenvalue weighted by Crippen LogP contribution is -2.44. The molecule has 0 bridgehead atoms. The highest BCUT2D eigenvalue weighted by Gasteiger charge is 2.44. The van der Waals surface area contributed by atoms with Gasteiger partial charge in [0.25, 0.3) is 5.91 Å². The number of amides is 1. The third kappa shape index (κ3) is 2.67. The molecule has 0 saturated carbocycles. The van der Waals surface area contributed by atoms with E-state index in [-0.39, 0.29) is 11.7 Å². The van der Waals surface area contributed by atoms with Gasteiger partial charge in [-0.3, -0.25) is 4.79 Å². The van der Waals surface area contributed by atoms with Crippen LogP contribution in [0.25, 0.3) is 0 Å².